The first-order valence-corrected chi connectivity index (χ1v) is 4.57. The van der Waals surface area contributed by atoms with E-state index in [1.165, 1.54) is 0 Å². The topological polar surface area (TPSA) is 43.4 Å². The Morgan fingerprint density at radius 3 is 2.00 bits per heavy atom. The summed E-state index contributed by atoms with van der Waals surface area (Å²) in [6, 6.07) is 0. The van der Waals surface area contributed by atoms with E-state index in [2.05, 4.69) is 15.9 Å². The fourth-order valence-corrected chi connectivity index (χ4v) is 0.678. The van der Waals surface area contributed by atoms with E-state index in [0.29, 0.717) is 0 Å². The Bertz CT molecular complexity index is 191. The number of hydrogen-bond acceptors (Lipinski definition) is 3. The van der Waals surface area contributed by atoms with Crippen LogP contribution in [0.2, 0.25) is 0 Å². The Labute approximate surface area is 80.6 Å². The van der Waals surface area contributed by atoms with Crippen molar-refractivity contribution < 1.29 is 14.3 Å². The molecule has 0 aromatic rings. The predicted molar refractivity (Wildman–Crippen MR) is 49.2 cm³/mol. The van der Waals surface area contributed by atoms with Gasteiger partial charge < -0.3 is 4.74 Å². The normalized spacial score (nSPS) is 13.8. The van der Waals surface area contributed by atoms with Crippen LogP contribution in [0.5, 0.6) is 0 Å². The first-order valence-electron chi connectivity index (χ1n) is 3.65. The molecule has 0 rings (SSSR count). The molecule has 4 heteroatoms. The molecule has 0 aliphatic heterocycles. The third kappa shape index (κ3) is 4.49. The summed E-state index contributed by atoms with van der Waals surface area (Å²) in [6.07, 6.45) is 0. The van der Waals surface area contributed by atoms with Crippen LogP contribution in [0.3, 0.4) is 0 Å². The third-order valence-corrected chi connectivity index (χ3v) is 1.38. The molecule has 12 heavy (non-hydrogen) atoms. The van der Waals surface area contributed by atoms with Crippen molar-refractivity contribution in [3.63, 3.8) is 0 Å². The van der Waals surface area contributed by atoms with Crippen LogP contribution in [0.1, 0.15) is 27.7 Å². The summed E-state index contributed by atoms with van der Waals surface area (Å²) in [5.41, 5.74) is -0.603. The molecule has 70 valence electrons. The third-order valence-electron chi connectivity index (χ3n) is 0.961. The average Bonchev–Trinajstić information content (AvgIpc) is 1.82. The van der Waals surface area contributed by atoms with Gasteiger partial charge in [0.25, 0.3) is 5.78 Å². The van der Waals surface area contributed by atoms with Crippen molar-refractivity contribution in [2.24, 2.45) is 0 Å². The molecule has 3 nitrogen and oxygen atoms in total. The van der Waals surface area contributed by atoms with E-state index in [9.17, 15) is 9.59 Å². The van der Waals surface area contributed by atoms with E-state index < -0.39 is 22.2 Å². The fraction of sp³-hybridized carbons (Fsp3) is 0.750. The predicted octanol–water partition coefficient (Wildman–Crippen LogP) is 1.68. The van der Waals surface area contributed by atoms with Crippen molar-refractivity contribution in [3.8, 4) is 0 Å². The van der Waals surface area contributed by atoms with Crippen LogP contribution >= 0.6 is 15.9 Å². The lowest BCUT2D eigenvalue weighted by molar-refractivity contribution is -0.162. The maximum Gasteiger partial charge on any atom is 0.376 e. The van der Waals surface area contributed by atoms with E-state index in [1.807, 2.05) is 0 Å². The number of carbonyl (C=O) groups excluding carboxylic acids is 2. The largest absolute Gasteiger partial charge is 0.454 e. The van der Waals surface area contributed by atoms with E-state index in [1.54, 1.807) is 27.7 Å². The molecule has 0 spiro atoms. The highest BCUT2D eigenvalue weighted by atomic mass is 79.9. The van der Waals surface area contributed by atoms with E-state index in [-0.39, 0.29) is 0 Å². The second-order valence-corrected chi connectivity index (χ2v) is 4.86. The van der Waals surface area contributed by atoms with Crippen molar-refractivity contribution >= 4 is 27.7 Å². The van der Waals surface area contributed by atoms with Crippen molar-refractivity contribution in [1.82, 2.24) is 0 Å². The van der Waals surface area contributed by atoms with Crippen LogP contribution in [-0.4, -0.2) is 22.2 Å². The standard InChI is InChI=1S/C8H13BrO3/c1-5(9)6(10)7(11)12-8(2,3)4/h5H,1-4H3. The molecule has 0 bridgehead atoms. The molecule has 0 saturated carbocycles. The van der Waals surface area contributed by atoms with Crippen LogP contribution in [0, 0.1) is 0 Å². The van der Waals surface area contributed by atoms with E-state index >= 15 is 0 Å². The van der Waals surface area contributed by atoms with E-state index in [0.717, 1.165) is 0 Å². The van der Waals surface area contributed by atoms with Gasteiger partial charge in [0, 0.05) is 0 Å². The van der Waals surface area contributed by atoms with Gasteiger partial charge in [0.05, 0.1) is 4.83 Å². The Balaban J connectivity index is 4.15. The highest BCUT2D eigenvalue weighted by Gasteiger charge is 2.25. The van der Waals surface area contributed by atoms with Gasteiger partial charge in [-0.15, -0.1) is 0 Å². The SMILES string of the molecule is CC(Br)C(=O)C(=O)OC(C)(C)C. The second kappa shape index (κ2) is 4.03. The lowest BCUT2D eigenvalue weighted by Gasteiger charge is -2.18. The lowest BCUT2D eigenvalue weighted by Crippen LogP contribution is -2.32. The zero-order chi connectivity index (χ0) is 9.94. The van der Waals surface area contributed by atoms with Crippen molar-refractivity contribution in [3.05, 3.63) is 0 Å². The number of Topliss-reactive ketones (excluding diaryl/α,β-unsaturated/α-hetero) is 1. The van der Waals surface area contributed by atoms with Gasteiger partial charge in [-0.05, 0) is 27.7 Å². The number of hydrogen-bond donors (Lipinski definition) is 0. The molecule has 0 amide bonds. The van der Waals surface area contributed by atoms with Crippen molar-refractivity contribution in [2.45, 2.75) is 38.1 Å². The highest BCUT2D eigenvalue weighted by Crippen LogP contribution is 2.09. The van der Waals surface area contributed by atoms with E-state index in [4.69, 9.17) is 4.74 Å². The zero-order valence-corrected chi connectivity index (χ0v) is 9.27. The fourth-order valence-electron chi connectivity index (χ4n) is 0.491. The summed E-state index contributed by atoms with van der Waals surface area (Å²) in [5, 5.41) is 0. The van der Waals surface area contributed by atoms with Gasteiger partial charge in [-0.1, -0.05) is 15.9 Å². The summed E-state index contributed by atoms with van der Waals surface area (Å²) < 4.78 is 4.84. The van der Waals surface area contributed by atoms with Gasteiger partial charge in [0.1, 0.15) is 5.60 Å². The monoisotopic (exact) mass is 236 g/mol. The smallest absolute Gasteiger partial charge is 0.376 e. The number of rotatable bonds is 2. The quantitative estimate of drug-likeness (QED) is 0.417. The molecule has 0 radical (unpaired) electrons. The minimum Gasteiger partial charge on any atom is -0.454 e. The van der Waals surface area contributed by atoms with Crippen molar-refractivity contribution in [1.29, 1.82) is 0 Å². The first kappa shape index (κ1) is 11.6. The molecular formula is C8H13BrO3. The Morgan fingerprint density at radius 2 is 1.75 bits per heavy atom. The molecule has 0 saturated heterocycles. The first-order chi connectivity index (χ1) is 5.24. The van der Waals surface area contributed by atoms with Crippen LogP contribution < -0.4 is 0 Å². The Kier molecular flexibility index (Phi) is 3.90. The molecule has 1 atom stereocenters. The summed E-state index contributed by atoms with van der Waals surface area (Å²) >= 11 is 3.00. The maximum atomic E-state index is 11.0. The van der Waals surface area contributed by atoms with Gasteiger partial charge in [0.15, 0.2) is 0 Å². The molecule has 0 heterocycles. The van der Waals surface area contributed by atoms with Gasteiger partial charge in [-0.3, -0.25) is 4.79 Å². The number of ketones is 1. The molecule has 0 aliphatic carbocycles. The minimum atomic E-state index is -0.785. The minimum absolute atomic E-state index is 0.479. The highest BCUT2D eigenvalue weighted by molar-refractivity contribution is 9.10. The average molecular weight is 237 g/mol. The zero-order valence-electron chi connectivity index (χ0n) is 7.68. The van der Waals surface area contributed by atoms with Gasteiger partial charge >= 0.3 is 5.97 Å². The van der Waals surface area contributed by atoms with Crippen LogP contribution in [0.25, 0.3) is 0 Å². The van der Waals surface area contributed by atoms with Crippen LogP contribution in [0.4, 0.5) is 0 Å². The molecule has 0 fully saturated rings. The summed E-state index contributed by atoms with van der Waals surface area (Å²) in [7, 11) is 0. The number of carbonyl (C=O) groups is 2. The molecule has 1 unspecified atom stereocenters. The summed E-state index contributed by atoms with van der Waals surface area (Å²) in [6.45, 7) is 6.75. The molecule has 0 N–H and O–H groups in total. The maximum absolute atomic E-state index is 11.0. The number of ether oxygens (including phenoxy) is 1. The summed E-state index contributed by atoms with van der Waals surface area (Å²) in [4.78, 5) is 21.5. The number of alkyl halides is 1. The number of esters is 1. The van der Waals surface area contributed by atoms with Crippen LogP contribution in [-0.2, 0) is 14.3 Å². The molecule has 0 aliphatic rings. The number of halogens is 1. The molecule has 0 aromatic carbocycles. The van der Waals surface area contributed by atoms with Gasteiger partial charge in [0.2, 0.25) is 0 Å². The van der Waals surface area contributed by atoms with Gasteiger partial charge in [-0.25, -0.2) is 4.79 Å². The second-order valence-electron chi connectivity index (χ2n) is 3.48. The lowest BCUT2D eigenvalue weighted by atomic mass is 10.2. The molecule has 0 aromatic heterocycles. The molecular weight excluding hydrogens is 224 g/mol. The Hall–Kier alpha value is -0.380. The van der Waals surface area contributed by atoms with Crippen molar-refractivity contribution in [2.75, 3.05) is 0 Å². The van der Waals surface area contributed by atoms with Crippen LogP contribution in [0.15, 0.2) is 0 Å². The van der Waals surface area contributed by atoms with Gasteiger partial charge in [-0.2, -0.15) is 0 Å². The Morgan fingerprint density at radius 1 is 1.33 bits per heavy atom. The summed E-state index contributed by atoms with van der Waals surface area (Å²) in [5.74, 6) is -1.34.